The van der Waals surface area contributed by atoms with Gasteiger partial charge in [0.2, 0.25) is 5.95 Å². The van der Waals surface area contributed by atoms with E-state index in [1.807, 2.05) is 38.2 Å². The number of amides is 1. The maximum Gasteiger partial charge on any atom is 0.251 e. The van der Waals surface area contributed by atoms with Gasteiger partial charge in [0.25, 0.3) is 5.91 Å². The van der Waals surface area contributed by atoms with Gasteiger partial charge in [-0.15, -0.1) is 0 Å². The van der Waals surface area contributed by atoms with Crippen molar-refractivity contribution in [3.05, 3.63) is 41.2 Å². The Morgan fingerprint density at radius 1 is 1.31 bits per heavy atom. The van der Waals surface area contributed by atoms with E-state index in [1.54, 1.807) is 0 Å². The van der Waals surface area contributed by atoms with Crippen molar-refractivity contribution in [2.24, 2.45) is 7.05 Å². The Balaban J connectivity index is 1.53. The van der Waals surface area contributed by atoms with E-state index in [9.17, 15) is 4.79 Å². The van der Waals surface area contributed by atoms with Crippen LogP contribution in [0.15, 0.2) is 24.3 Å². The number of hydrogen-bond donors (Lipinski definition) is 2. The molecule has 136 valence electrons. The normalized spacial score (nSPS) is 14.8. The Hall–Kier alpha value is -2.87. The summed E-state index contributed by atoms with van der Waals surface area (Å²) < 4.78 is 7.48. The second-order valence-corrected chi connectivity index (χ2v) is 6.50. The van der Waals surface area contributed by atoms with Crippen LogP contribution in [0.4, 0.5) is 5.95 Å². The summed E-state index contributed by atoms with van der Waals surface area (Å²) in [5.41, 5.74) is 4.20. The third-order valence-electron chi connectivity index (χ3n) is 4.60. The standard InChI is InChI=1S/C18H22N6O2/c1-12-9-14(22-21-12)11-19-17(25)13-3-4-16-15(10-13)20-18(23(16)2)24-5-7-26-8-6-24/h3-4,9-10H,5-8,11H2,1-2H3,(H,19,25)(H,21,22). The van der Waals surface area contributed by atoms with Gasteiger partial charge in [0, 0.05) is 31.4 Å². The SMILES string of the molecule is Cc1cc(CNC(=O)c2ccc3c(c2)nc(N2CCOCC2)n3C)n[nH]1. The number of anilines is 1. The van der Waals surface area contributed by atoms with E-state index in [-0.39, 0.29) is 5.91 Å². The largest absolute Gasteiger partial charge is 0.378 e. The molecule has 1 saturated heterocycles. The number of carbonyl (C=O) groups excluding carboxylic acids is 1. The topological polar surface area (TPSA) is 88.1 Å². The van der Waals surface area contributed by atoms with E-state index in [2.05, 4.69) is 25.0 Å². The van der Waals surface area contributed by atoms with Crippen molar-refractivity contribution in [1.29, 1.82) is 0 Å². The molecule has 1 aliphatic heterocycles. The molecule has 4 rings (SSSR count). The smallest absolute Gasteiger partial charge is 0.251 e. The lowest BCUT2D eigenvalue weighted by molar-refractivity contribution is 0.0950. The Kier molecular flexibility index (Phi) is 4.34. The molecule has 2 aromatic heterocycles. The molecule has 3 heterocycles. The summed E-state index contributed by atoms with van der Waals surface area (Å²) in [6.07, 6.45) is 0. The van der Waals surface area contributed by atoms with Crippen LogP contribution in [0.2, 0.25) is 0 Å². The van der Waals surface area contributed by atoms with Gasteiger partial charge in [0.1, 0.15) is 0 Å². The zero-order chi connectivity index (χ0) is 18.1. The fraction of sp³-hybridized carbons (Fsp3) is 0.389. The van der Waals surface area contributed by atoms with Crippen molar-refractivity contribution in [3.8, 4) is 0 Å². The van der Waals surface area contributed by atoms with Crippen molar-refractivity contribution < 1.29 is 9.53 Å². The van der Waals surface area contributed by atoms with Gasteiger partial charge in [0.15, 0.2) is 0 Å². The summed E-state index contributed by atoms with van der Waals surface area (Å²) in [5.74, 6) is 0.777. The molecule has 3 aromatic rings. The monoisotopic (exact) mass is 354 g/mol. The minimum atomic E-state index is -0.133. The predicted molar refractivity (Wildman–Crippen MR) is 98.2 cm³/mol. The molecule has 0 saturated carbocycles. The summed E-state index contributed by atoms with van der Waals surface area (Å²) in [7, 11) is 2.00. The van der Waals surface area contributed by atoms with Crippen LogP contribution in [0.5, 0.6) is 0 Å². The number of benzene rings is 1. The van der Waals surface area contributed by atoms with Gasteiger partial charge >= 0.3 is 0 Å². The zero-order valence-corrected chi connectivity index (χ0v) is 15.0. The fourth-order valence-corrected chi connectivity index (χ4v) is 3.21. The lowest BCUT2D eigenvalue weighted by Gasteiger charge is -2.27. The molecule has 1 amide bonds. The number of carbonyl (C=O) groups is 1. The van der Waals surface area contributed by atoms with Crippen molar-refractivity contribution in [1.82, 2.24) is 25.1 Å². The van der Waals surface area contributed by atoms with Gasteiger partial charge in [-0.3, -0.25) is 9.89 Å². The van der Waals surface area contributed by atoms with Crippen LogP contribution in [0.25, 0.3) is 11.0 Å². The highest BCUT2D eigenvalue weighted by molar-refractivity contribution is 5.97. The molecule has 2 N–H and O–H groups in total. The van der Waals surface area contributed by atoms with Gasteiger partial charge in [-0.05, 0) is 31.2 Å². The van der Waals surface area contributed by atoms with Crippen LogP contribution in [0, 0.1) is 6.92 Å². The van der Waals surface area contributed by atoms with Crippen molar-refractivity contribution in [3.63, 3.8) is 0 Å². The third kappa shape index (κ3) is 3.15. The molecule has 0 bridgehead atoms. The highest BCUT2D eigenvalue weighted by Gasteiger charge is 2.18. The van der Waals surface area contributed by atoms with Crippen molar-refractivity contribution in [2.75, 3.05) is 31.2 Å². The first-order valence-electron chi connectivity index (χ1n) is 8.70. The number of hydrogen-bond acceptors (Lipinski definition) is 5. The number of H-pyrrole nitrogens is 1. The average molecular weight is 354 g/mol. The first-order chi connectivity index (χ1) is 12.6. The molecule has 8 nitrogen and oxygen atoms in total. The fourth-order valence-electron chi connectivity index (χ4n) is 3.21. The number of aromatic amines is 1. The van der Waals surface area contributed by atoms with E-state index in [0.717, 1.165) is 41.5 Å². The second kappa shape index (κ2) is 6.80. The van der Waals surface area contributed by atoms with Gasteiger partial charge in [-0.2, -0.15) is 5.10 Å². The summed E-state index contributed by atoms with van der Waals surface area (Å²) in [4.78, 5) is 19.4. The summed E-state index contributed by atoms with van der Waals surface area (Å²) in [6, 6.07) is 7.53. The lowest BCUT2D eigenvalue weighted by Crippen LogP contribution is -2.37. The molecule has 0 atom stereocenters. The first-order valence-corrected chi connectivity index (χ1v) is 8.70. The van der Waals surface area contributed by atoms with E-state index >= 15 is 0 Å². The minimum Gasteiger partial charge on any atom is -0.378 e. The number of nitrogens with zero attached hydrogens (tertiary/aromatic N) is 4. The zero-order valence-electron chi connectivity index (χ0n) is 15.0. The highest BCUT2D eigenvalue weighted by Crippen LogP contribution is 2.23. The number of aromatic nitrogens is 4. The second-order valence-electron chi connectivity index (χ2n) is 6.50. The van der Waals surface area contributed by atoms with Gasteiger partial charge in [0.05, 0.1) is 36.5 Å². The summed E-state index contributed by atoms with van der Waals surface area (Å²) in [6.45, 7) is 5.40. The van der Waals surface area contributed by atoms with Gasteiger partial charge < -0.3 is 19.5 Å². The van der Waals surface area contributed by atoms with E-state index in [4.69, 9.17) is 9.72 Å². The third-order valence-corrected chi connectivity index (χ3v) is 4.60. The molecular formula is C18H22N6O2. The summed E-state index contributed by atoms with van der Waals surface area (Å²) >= 11 is 0. The number of aryl methyl sites for hydroxylation is 2. The van der Waals surface area contributed by atoms with Crippen molar-refractivity contribution in [2.45, 2.75) is 13.5 Å². The first kappa shape index (κ1) is 16.6. The van der Waals surface area contributed by atoms with E-state index in [1.165, 1.54) is 0 Å². The van der Waals surface area contributed by atoms with Crippen LogP contribution in [-0.4, -0.2) is 52.0 Å². The molecule has 1 aromatic carbocycles. The number of fused-ring (bicyclic) bond motifs is 1. The average Bonchev–Trinajstić information content (AvgIpc) is 3.23. The van der Waals surface area contributed by atoms with Crippen LogP contribution in [-0.2, 0) is 18.3 Å². The maximum absolute atomic E-state index is 12.5. The molecule has 1 fully saturated rings. The predicted octanol–water partition coefficient (Wildman–Crippen LogP) is 1.37. The van der Waals surface area contributed by atoms with Crippen molar-refractivity contribution >= 4 is 22.9 Å². The highest BCUT2D eigenvalue weighted by atomic mass is 16.5. The number of morpholine rings is 1. The molecule has 1 aliphatic rings. The molecule has 26 heavy (non-hydrogen) atoms. The number of ether oxygens (including phenoxy) is 1. The van der Waals surface area contributed by atoms with E-state index < -0.39 is 0 Å². The maximum atomic E-state index is 12.5. The van der Waals surface area contributed by atoms with Crippen LogP contribution >= 0.6 is 0 Å². The molecule has 0 spiro atoms. The number of nitrogens with one attached hydrogen (secondary N) is 2. The number of rotatable bonds is 4. The van der Waals surface area contributed by atoms with Gasteiger partial charge in [-0.1, -0.05) is 0 Å². The molecule has 8 heteroatoms. The van der Waals surface area contributed by atoms with E-state index in [0.29, 0.717) is 25.3 Å². The van der Waals surface area contributed by atoms with Gasteiger partial charge in [-0.25, -0.2) is 4.98 Å². The minimum absolute atomic E-state index is 0.133. The molecule has 0 radical (unpaired) electrons. The Labute approximate surface area is 151 Å². The molecule has 0 unspecified atom stereocenters. The Bertz CT molecular complexity index is 938. The Morgan fingerprint density at radius 3 is 2.85 bits per heavy atom. The van der Waals surface area contributed by atoms with Crippen LogP contribution in [0.1, 0.15) is 21.7 Å². The number of imidazole rings is 1. The quantitative estimate of drug-likeness (QED) is 0.739. The summed E-state index contributed by atoms with van der Waals surface area (Å²) in [5, 5.41) is 9.89. The molecule has 0 aliphatic carbocycles. The Morgan fingerprint density at radius 2 is 2.12 bits per heavy atom. The van der Waals surface area contributed by atoms with Crippen LogP contribution in [0.3, 0.4) is 0 Å². The lowest BCUT2D eigenvalue weighted by atomic mass is 10.2. The molecular weight excluding hydrogens is 332 g/mol. The van der Waals surface area contributed by atoms with Crippen LogP contribution < -0.4 is 10.2 Å².